The molecule has 0 saturated heterocycles. The lowest BCUT2D eigenvalue weighted by molar-refractivity contribution is 0.141. The molecular formula is C8H14O. The maximum atomic E-state index is 9.13. The monoisotopic (exact) mass is 126 g/mol. The van der Waals surface area contributed by atoms with E-state index in [4.69, 9.17) is 5.11 Å². The molecule has 0 radical (unpaired) electrons. The van der Waals surface area contributed by atoms with Gasteiger partial charge in [0, 0.05) is 5.92 Å². The molecule has 0 spiro atoms. The van der Waals surface area contributed by atoms with Crippen molar-refractivity contribution in [1.29, 1.82) is 0 Å². The topological polar surface area (TPSA) is 20.2 Å². The van der Waals surface area contributed by atoms with Gasteiger partial charge in [0.25, 0.3) is 0 Å². The highest BCUT2D eigenvalue weighted by atomic mass is 16.3. The van der Waals surface area contributed by atoms with Crippen molar-refractivity contribution < 1.29 is 5.11 Å². The number of aliphatic hydroxyl groups is 1. The molecule has 0 fully saturated rings. The number of allylic oxidation sites excluding steroid dienone is 1. The fourth-order valence-corrected chi connectivity index (χ4v) is 1.24. The Hall–Kier alpha value is -0.300. The predicted octanol–water partition coefficient (Wildman–Crippen LogP) is 1.72. The molecule has 1 rings (SSSR count). The minimum atomic E-state index is -0.151. The molecule has 0 bridgehead atoms. The van der Waals surface area contributed by atoms with Gasteiger partial charge < -0.3 is 5.11 Å². The van der Waals surface area contributed by atoms with Crippen LogP contribution in [0.15, 0.2) is 12.2 Å². The first-order valence-electron chi connectivity index (χ1n) is 3.65. The van der Waals surface area contributed by atoms with Gasteiger partial charge >= 0.3 is 0 Å². The molecule has 0 aromatic heterocycles. The van der Waals surface area contributed by atoms with E-state index in [1.54, 1.807) is 0 Å². The molecule has 0 heterocycles. The standard InChI is InChI=1S/C8H14O/c1-7(9)8-5-3-2-4-6-8/h3,5,7-9H,2,4,6H2,1H3. The molecule has 2 unspecified atom stereocenters. The van der Waals surface area contributed by atoms with Crippen molar-refractivity contribution in [3.63, 3.8) is 0 Å². The van der Waals surface area contributed by atoms with Crippen LogP contribution in [0.4, 0.5) is 0 Å². The number of rotatable bonds is 1. The van der Waals surface area contributed by atoms with Crippen LogP contribution in [0.5, 0.6) is 0 Å². The van der Waals surface area contributed by atoms with Crippen molar-refractivity contribution in [3.8, 4) is 0 Å². The van der Waals surface area contributed by atoms with E-state index in [2.05, 4.69) is 12.2 Å². The summed E-state index contributed by atoms with van der Waals surface area (Å²) < 4.78 is 0. The zero-order valence-corrected chi connectivity index (χ0v) is 5.88. The van der Waals surface area contributed by atoms with Gasteiger partial charge in [-0.1, -0.05) is 12.2 Å². The third kappa shape index (κ3) is 1.83. The van der Waals surface area contributed by atoms with Crippen LogP contribution in [0.1, 0.15) is 26.2 Å². The van der Waals surface area contributed by atoms with Crippen LogP contribution in [0.2, 0.25) is 0 Å². The highest BCUT2D eigenvalue weighted by Crippen LogP contribution is 2.19. The first kappa shape index (κ1) is 6.81. The molecular weight excluding hydrogens is 112 g/mol. The zero-order valence-electron chi connectivity index (χ0n) is 5.88. The number of aliphatic hydroxyl groups excluding tert-OH is 1. The van der Waals surface area contributed by atoms with Crippen LogP contribution in [-0.4, -0.2) is 11.2 Å². The molecule has 0 aliphatic heterocycles. The minimum absolute atomic E-state index is 0.151. The molecule has 9 heavy (non-hydrogen) atoms. The molecule has 1 aliphatic rings. The maximum absolute atomic E-state index is 9.13. The lowest BCUT2D eigenvalue weighted by Crippen LogP contribution is -2.15. The third-order valence-corrected chi connectivity index (χ3v) is 1.91. The SMILES string of the molecule is CC(O)C1C=CCCC1. The van der Waals surface area contributed by atoms with Crippen molar-refractivity contribution in [2.24, 2.45) is 5.92 Å². The van der Waals surface area contributed by atoms with E-state index in [9.17, 15) is 0 Å². The number of hydrogen-bond donors (Lipinski definition) is 1. The lowest BCUT2D eigenvalue weighted by atomic mass is 9.92. The second-order valence-electron chi connectivity index (χ2n) is 2.76. The molecule has 0 saturated carbocycles. The quantitative estimate of drug-likeness (QED) is 0.530. The van der Waals surface area contributed by atoms with Gasteiger partial charge in [-0.15, -0.1) is 0 Å². The molecule has 2 atom stereocenters. The second-order valence-corrected chi connectivity index (χ2v) is 2.76. The smallest absolute Gasteiger partial charge is 0.0574 e. The van der Waals surface area contributed by atoms with Gasteiger partial charge in [-0.05, 0) is 26.2 Å². The third-order valence-electron chi connectivity index (χ3n) is 1.91. The van der Waals surface area contributed by atoms with Gasteiger partial charge in [-0.3, -0.25) is 0 Å². The van der Waals surface area contributed by atoms with Crippen LogP contribution in [0, 0.1) is 5.92 Å². The van der Waals surface area contributed by atoms with E-state index in [0.717, 1.165) is 6.42 Å². The fourth-order valence-electron chi connectivity index (χ4n) is 1.24. The second kappa shape index (κ2) is 3.02. The van der Waals surface area contributed by atoms with Crippen LogP contribution >= 0.6 is 0 Å². The van der Waals surface area contributed by atoms with Gasteiger partial charge in [0.15, 0.2) is 0 Å². The largest absolute Gasteiger partial charge is 0.393 e. The Morgan fingerprint density at radius 2 is 2.44 bits per heavy atom. The van der Waals surface area contributed by atoms with Crippen LogP contribution in [0.3, 0.4) is 0 Å². The fraction of sp³-hybridized carbons (Fsp3) is 0.750. The molecule has 1 nitrogen and oxygen atoms in total. The Bertz CT molecular complexity index is 105. The van der Waals surface area contributed by atoms with Gasteiger partial charge in [-0.2, -0.15) is 0 Å². The summed E-state index contributed by atoms with van der Waals surface area (Å²) in [6.45, 7) is 1.86. The first-order valence-corrected chi connectivity index (χ1v) is 3.65. The van der Waals surface area contributed by atoms with Crippen molar-refractivity contribution in [3.05, 3.63) is 12.2 Å². The van der Waals surface area contributed by atoms with Crippen molar-refractivity contribution in [2.75, 3.05) is 0 Å². The normalized spacial score (nSPS) is 30.2. The summed E-state index contributed by atoms with van der Waals surface area (Å²) in [6.07, 6.45) is 7.75. The highest BCUT2D eigenvalue weighted by molar-refractivity contribution is 4.94. The molecule has 52 valence electrons. The summed E-state index contributed by atoms with van der Waals surface area (Å²) in [5.74, 6) is 0.429. The van der Waals surface area contributed by atoms with Crippen molar-refractivity contribution >= 4 is 0 Å². The molecule has 1 N–H and O–H groups in total. The lowest BCUT2D eigenvalue weighted by Gasteiger charge is -2.18. The van der Waals surface area contributed by atoms with E-state index < -0.39 is 0 Å². The van der Waals surface area contributed by atoms with Gasteiger partial charge in [0.1, 0.15) is 0 Å². The molecule has 0 aromatic rings. The first-order chi connectivity index (χ1) is 4.30. The Balaban J connectivity index is 2.40. The van der Waals surface area contributed by atoms with Crippen LogP contribution < -0.4 is 0 Å². The van der Waals surface area contributed by atoms with E-state index in [1.165, 1.54) is 12.8 Å². The summed E-state index contributed by atoms with van der Waals surface area (Å²) in [6, 6.07) is 0. The molecule has 1 heteroatoms. The maximum Gasteiger partial charge on any atom is 0.0574 e. The van der Waals surface area contributed by atoms with E-state index >= 15 is 0 Å². The van der Waals surface area contributed by atoms with Crippen LogP contribution in [-0.2, 0) is 0 Å². The van der Waals surface area contributed by atoms with E-state index in [0.29, 0.717) is 5.92 Å². The Morgan fingerprint density at radius 1 is 1.67 bits per heavy atom. The zero-order chi connectivity index (χ0) is 6.69. The average Bonchev–Trinajstić information content (AvgIpc) is 1.90. The summed E-state index contributed by atoms with van der Waals surface area (Å²) in [5.41, 5.74) is 0. The highest BCUT2D eigenvalue weighted by Gasteiger charge is 2.12. The Labute approximate surface area is 56.4 Å². The van der Waals surface area contributed by atoms with Gasteiger partial charge in [-0.25, -0.2) is 0 Å². The summed E-state index contributed by atoms with van der Waals surface area (Å²) in [7, 11) is 0. The summed E-state index contributed by atoms with van der Waals surface area (Å²) >= 11 is 0. The summed E-state index contributed by atoms with van der Waals surface area (Å²) in [4.78, 5) is 0. The Morgan fingerprint density at radius 3 is 2.78 bits per heavy atom. The van der Waals surface area contributed by atoms with E-state index in [1.807, 2.05) is 6.92 Å². The van der Waals surface area contributed by atoms with E-state index in [-0.39, 0.29) is 6.10 Å². The minimum Gasteiger partial charge on any atom is -0.393 e. The molecule has 1 aliphatic carbocycles. The van der Waals surface area contributed by atoms with Crippen molar-refractivity contribution in [2.45, 2.75) is 32.3 Å². The molecule has 0 amide bonds. The average molecular weight is 126 g/mol. The van der Waals surface area contributed by atoms with Gasteiger partial charge in [0.05, 0.1) is 6.10 Å². The van der Waals surface area contributed by atoms with Crippen LogP contribution in [0.25, 0.3) is 0 Å². The summed E-state index contributed by atoms with van der Waals surface area (Å²) in [5, 5.41) is 9.13. The Kier molecular flexibility index (Phi) is 2.29. The molecule has 0 aromatic carbocycles. The van der Waals surface area contributed by atoms with Gasteiger partial charge in [0.2, 0.25) is 0 Å². The van der Waals surface area contributed by atoms with Crippen molar-refractivity contribution in [1.82, 2.24) is 0 Å². The number of hydrogen-bond acceptors (Lipinski definition) is 1. The predicted molar refractivity (Wildman–Crippen MR) is 38.2 cm³/mol.